The molecule has 1 saturated carbocycles. The second-order valence-corrected chi connectivity index (χ2v) is 16.6. The van der Waals surface area contributed by atoms with Crippen LogP contribution in [0.5, 0.6) is 0 Å². The Morgan fingerprint density at radius 2 is 1.65 bits per heavy atom. The molecule has 11 nitrogen and oxygen atoms in total. The maximum Gasteiger partial charge on any atom is 1.00 e. The SMILES string of the molecule is CC[C@@]1([C@@H]2O[C@@H]([C@H]3OC(O)(CO)[C@H](C)CC3C)C[C@@H]2C)CC[C@H]([C@]2(C)CC[C@]3(C[C@H](O)[C@H]4C[C@H](O)C([C@H](C)[C-]=O)[C@H](C)[C@H]4O3)O2)O1.[Na+].[OH-]. The maximum absolute atomic E-state index is 11.6. The van der Waals surface area contributed by atoms with Crippen molar-refractivity contribution in [2.75, 3.05) is 6.61 Å². The number of hydrogen-bond donors (Lipinski definition) is 4. The van der Waals surface area contributed by atoms with Gasteiger partial charge in [-0.3, -0.25) is 6.29 Å². The zero-order chi connectivity index (χ0) is 33.4. The first-order valence-corrected chi connectivity index (χ1v) is 18.1. The van der Waals surface area contributed by atoms with Crippen molar-refractivity contribution in [2.24, 2.45) is 41.4 Å². The van der Waals surface area contributed by atoms with E-state index in [1.807, 2.05) is 13.8 Å². The molecule has 5 N–H and O–H groups in total. The molecule has 1 aliphatic carbocycles. The third-order valence-corrected chi connectivity index (χ3v) is 13.5. The summed E-state index contributed by atoms with van der Waals surface area (Å²) in [7, 11) is 0. The number of aliphatic hydroxyl groups excluding tert-OH is 3. The van der Waals surface area contributed by atoms with Crippen LogP contribution in [0.1, 0.15) is 106 Å². The summed E-state index contributed by atoms with van der Waals surface area (Å²) < 4.78 is 33.8. The molecule has 0 aromatic rings. The third-order valence-electron chi connectivity index (χ3n) is 13.5. The number of rotatable bonds is 7. The molecule has 0 aromatic heterocycles. The fourth-order valence-corrected chi connectivity index (χ4v) is 10.7. The largest absolute Gasteiger partial charge is 1.00 e. The van der Waals surface area contributed by atoms with E-state index < -0.39 is 47.5 Å². The predicted octanol–water partition coefficient (Wildman–Crippen LogP) is 0.471. The summed E-state index contributed by atoms with van der Waals surface area (Å²) in [5.41, 5.74) is -1.10. The molecule has 6 aliphatic rings. The minimum Gasteiger partial charge on any atom is -0.870 e. The molecular weight excluding hydrogens is 631 g/mol. The number of carbonyl (C=O) groups excluding carboxylic acids is 1. The van der Waals surface area contributed by atoms with E-state index in [2.05, 4.69) is 34.0 Å². The summed E-state index contributed by atoms with van der Waals surface area (Å²) in [5.74, 6) is -3.30. The van der Waals surface area contributed by atoms with Gasteiger partial charge in [-0.05, 0) is 75.5 Å². The molecule has 6 rings (SSSR count). The van der Waals surface area contributed by atoms with Crippen molar-refractivity contribution in [2.45, 2.75) is 172 Å². The van der Waals surface area contributed by atoms with E-state index in [1.165, 1.54) is 0 Å². The van der Waals surface area contributed by atoms with Gasteiger partial charge in [0.05, 0.1) is 60.5 Å². The molecule has 12 heteroatoms. The van der Waals surface area contributed by atoms with Crippen LogP contribution in [0.15, 0.2) is 0 Å². The van der Waals surface area contributed by atoms with Crippen molar-refractivity contribution in [3.63, 3.8) is 0 Å². The van der Waals surface area contributed by atoms with E-state index in [-0.39, 0.29) is 101 Å². The Hall–Kier alpha value is 0.270. The number of ether oxygens (including phenoxy) is 5. The topological polar surface area (TPSA) is 174 Å². The number of hydrogen-bond acceptors (Lipinski definition) is 11. The molecule has 272 valence electrons. The molecule has 0 aromatic carbocycles. The van der Waals surface area contributed by atoms with Crippen molar-refractivity contribution in [1.82, 2.24) is 0 Å². The van der Waals surface area contributed by atoms with Gasteiger partial charge in [-0.2, -0.15) is 0 Å². The Bertz CT molecular complexity index is 1120. The molecule has 6 fully saturated rings. The Morgan fingerprint density at radius 1 is 0.938 bits per heavy atom. The van der Waals surface area contributed by atoms with Crippen molar-refractivity contribution in [1.29, 1.82) is 0 Å². The van der Waals surface area contributed by atoms with E-state index in [0.29, 0.717) is 19.3 Å². The Balaban J connectivity index is 0.00000260. The van der Waals surface area contributed by atoms with Gasteiger partial charge in [0.15, 0.2) is 11.6 Å². The summed E-state index contributed by atoms with van der Waals surface area (Å²) in [5, 5.41) is 43.1. The molecule has 18 atom stereocenters. The normalized spacial score (nSPS) is 54.3. The summed E-state index contributed by atoms with van der Waals surface area (Å²) in [6.07, 6.45) is 5.69. The van der Waals surface area contributed by atoms with Gasteiger partial charge in [-0.15, -0.1) is 5.92 Å². The van der Waals surface area contributed by atoms with Gasteiger partial charge in [0.2, 0.25) is 0 Å². The first kappa shape index (κ1) is 41.0. The van der Waals surface area contributed by atoms with Crippen molar-refractivity contribution >= 4 is 6.29 Å². The second kappa shape index (κ2) is 15.0. The van der Waals surface area contributed by atoms with Crippen molar-refractivity contribution in [3.8, 4) is 0 Å². The standard InChI is InChI=1S/C36H59O10.Na.H2O/c1-8-34(32-20(3)14-27(42-32)30-19(2)13-22(5)36(41,18-38)45-30)10-9-28(43-34)33(7)11-12-35(46-33)16-26(40)24-15-25(39)29(21(4)17-37)23(6)31(24)44-35;;/h19-32,38-41H,8-16,18H2,1-7H3;;1H2/q-1;+1;/p-1/t19?,20-,21+,22+,23-,24+,25-,26-,27+,28+,29?,30-,31+,32+,33-,34-,35+,36?;;/m0../s1. The monoisotopic (exact) mass is 691 g/mol. The van der Waals surface area contributed by atoms with Gasteiger partial charge in [0, 0.05) is 24.7 Å². The molecule has 5 heterocycles. The zero-order valence-electron chi connectivity index (χ0n) is 30.3. The van der Waals surface area contributed by atoms with E-state index in [0.717, 1.165) is 38.5 Å². The fraction of sp³-hybridized carbons (Fsp3) is 0.972. The van der Waals surface area contributed by atoms with Crippen LogP contribution in [-0.2, 0) is 28.5 Å². The number of fused-ring (bicyclic) bond motifs is 1. The fourth-order valence-electron chi connectivity index (χ4n) is 10.7. The molecule has 5 saturated heterocycles. The van der Waals surface area contributed by atoms with Crippen LogP contribution in [0.3, 0.4) is 0 Å². The molecule has 0 radical (unpaired) electrons. The van der Waals surface area contributed by atoms with E-state index in [4.69, 9.17) is 23.7 Å². The van der Waals surface area contributed by atoms with Crippen LogP contribution in [-0.4, -0.2) is 104 Å². The van der Waals surface area contributed by atoms with Gasteiger partial charge in [-0.1, -0.05) is 41.5 Å². The number of aliphatic hydroxyl groups is 4. The quantitative estimate of drug-likeness (QED) is 0.216. The van der Waals surface area contributed by atoms with Crippen molar-refractivity contribution < 1.29 is 83.9 Å². The van der Waals surface area contributed by atoms with Crippen molar-refractivity contribution in [3.05, 3.63) is 0 Å². The van der Waals surface area contributed by atoms with Gasteiger partial charge < -0.3 is 54.4 Å². The molecule has 0 amide bonds. The van der Waals surface area contributed by atoms with E-state index in [9.17, 15) is 25.2 Å². The summed E-state index contributed by atoms with van der Waals surface area (Å²) in [6, 6.07) is 0. The second-order valence-electron chi connectivity index (χ2n) is 16.6. The summed E-state index contributed by atoms with van der Waals surface area (Å²) in [6.45, 7) is 13.9. The minimum atomic E-state index is -1.56. The van der Waals surface area contributed by atoms with E-state index >= 15 is 0 Å². The van der Waals surface area contributed by atoms with E-state index in [1.54, 1.807) is 6.92 Å². The van der Waals surface area contributed by atoms with Gasteiger partial charge in [0.1, 0.15) is 0 Å². The predicted molar refractivity (Wildman–Crippen MR) is 170 cm³/mol. The summed E-state index contributed by atoms with van der Waals surface area (Å²) >= 11 is 0. The molecule has 5 aliphatic heterocycles. The molecular formula is C36H60NaO11-. The molecule has 1 spiro atoms. The smallest absolute Gasteiger partial charge is 0.870 e. The first-order valence-electron chi connectivity index (χ1n) is 18.1. The van der Waals surface area contributed by atoms with Gasteiger partial charge in [-0.25, -0.2) is 0 Å². The van der Waals surface area contributed by atoms with Crippen LogP contribution >= 0.6 is 0 Å². The van der Waals surface area contributed by atoms with Crippen LogP contribution in [0.4, 0.5) is 0 Å². The molecule has 48 heavy (non-hydrogen) atoms. The molecule has 0 bridgehead atoms. The zero-order valence-corrected chi connectivity index (χ0v) is 32.3. The summed E-state index contributed by atoms with van der Waals surface area (Å²) in [4.78, 5) is 11.6. The van der Waals surface area contributed by atoms with Crippen LogP contribution in [0, 0.1) is 41.4 Å². The van der Waals surface area contributed by atoms with Crippen LogP contribution in [0.25, 0.3) is 0 Å². The Kier molecular flexibility index (Phi) is 12.8. The third kappa shape index (κ3) is 6.90. The average Bonchev–Trinajstić information content (AvgIpc) is 3.72. The van der Waals surface area contributed by atoms with Crippen LogP contribution < -0.4 is 29.6 Å². The maximum atomic E-state index is 11.6. The van der Waals surface area contributed by atoms with Gasteiger partial charge >= 0.3 is 29.6 Å². The van der Waals surface area contributed by atoms with Gasteiger partial charge in [0.25, 0.3) is 0 Å². The average molecular weight is 692 g/mol. The molecule has 3 unspecified atom stereocenters. The first-order chi connectivity index (χ1) is 21.6. The van der Waals surface area contributed by atoms with Crippen LogP contribution in [0.2, 0.25) is 0 Å². The Labute approximate surface area is 308 Å². The minimum absolute atomic E-state index is 0. The Morgan fingerprint density at radius 3 is 2.29 bits per heavy atom.